The summed E-state index contributed by atoms with van der Waals surface area (Å²) in [5, 5.41) is 11.3. The van der Waals surface area contributed by atoms with Crippen molar-refractivity contribution in [3.05, 3.63) is 83.7 Å². The van der Waals surface area contributed by atoms with Crippen molar-refractivity contribution in [3.63, 3.8) is 0 Å². The van der Waals surface area contributed by atoms with Crippen LogP contribution in [0.3, 0.4) is 0 Å². The smallest absolute Gasteiger partial charge is 0.300 e. The number of anilines is 1. The summed E-state index contributed by atoms with van der Waals surface area (Å²) in [6.45, 7) is 4.67. The number of Topliss-reactive ketones (excluding diaryl/α,β-unsaturated/α-hetero) is 1. The monoisotopic (exact) mass is 472 g/mol. The van der Waals surface area contributed by atoms with Crippen LogP contribution in [-0.4, -0.2) is 35.2 Å². The molecular formula is C27H24N2O6. The summed E-state index contributed by atoms with van der Waals surface area (Å²) in [4.78, 5) is 32.0. The van der Waals surface area contributed by atoms with Crippen LogP contribution in [0, 0.1) is 5.92 Å². The molecule has 35 heavy (non-hydrogen) atoms. The van der Waals surface area contributed by atoms with E-state index in [1.807, 2.05) is 13.8 Å². The Morgan fingerprint density at radius 1 is 1.09 bits per heavy atom. The first-order valence-electron chi connectivity index (χ1n) is 11.3. The fourth-order valence-electron chi connectivity index (χ4n) is 4.15. The van der Waals surface area contributed by atoms with Crippen molar-refractivity contribution >= 4 is 23.1 Å². The summed E-state index contributed by atoms with van der Waals surface area (Å²) >= 11 is 0. The first kappa shape index (κ1) is 22.5. The van der Waals surface area contributed by atoms with E-state index in [0.717, 1.165) is 0 Å². The number of carbonyl (C=O) groups excluding carboxylic acids is 2. The molecule has 178 valence electrons. The topological polar surface area (TPSA) is 98.2 Å². The van der Waals surface area contributed by atoms with Gasteiger partial charge in [0.25, 0.3) is 11.7 Å². The molecule has 1 aromatic heterocycles. The second-order valence-electron chi connectivity index (χ2n) is 8.72. The highest BCUT2D eigenvalue weighted by atomic mass is 16.7. The third kappa shape index (κ3) is 4.19. The Morgan fingerprint density at radius 3 is 2.63 bits per heavy atom. The molecule has 2 aromatic carbocycles. The van der Waals surface area contributed by atoms with Gasteiger partial charge in [-0.2, -0.15) is 0 Å². The van der Waals surface area contributed by atoms with Crippen molar-refractivity contribution in [3.8, 4) is 17.2 Å². The van der Waals surface area contributed by atoms with Gasteiger partial charge in [0.15, 0.2) is 11.5 Å². The lowest BCUT2D eigenvalue weighted by Crippen LogP contribution is -2.29. The Bertz CT molecular complexity index is 1320. The predicted molar refractivity (Wildman–Crippen MR) is 128 cm³/mol. The quantitative estimate of drug-likeness (QED) is 0.321. The standard InChI is InChI=1S/C27H24N2O6/c1-16(2)14-33-20-5-3-4-18(12-20)25(30)23-24(17-8-10-28-11-9-17)29(27(32)26(23)31)19-6-7-21-22(13-19)35-15-34-21/h3-13,16,24,30H,14-15H2,1-2H3/b25-23+. The first-order valence-corrected chi connectivity index (χ1v) is 11.3. The molecule has 2 aliphatic heterocycles. The maximum absolute atomic E-state index is 13.3. The van der Waals surface area contributed by atoms with Crippen LogP contribution >= 0.6 is 0 Å². The van der Waals surface area contributed by atoms with Crippen LogP contribution in [0.25, 0.3) is 5.76 Å². The van der Waals surface area contributed by atoms with Gasteiger partial charge in [-0.05, 0) is 47.9 Å². The van der Waals surface area contributed by atoms with E-state index < -0.39 is 17.7 Å². The van der Waals surface area contributed by atoms with Gasteiger partial charge in [-0.3, -0.25) is 19.5 Å². The van der Waals surface area contributed by atoms with Crippen LogP contribution in [0.4, 0.5) is 5.69 Å². The summed E-state index contributed by atoms with van der Waals surface area (Å²) in [6.07, 6.45) is 3.16. The van der Waals surface area contributed by atoms with Crippen molar-refractivity contribution in [1.29, 1.82) is 0 Å². The minimum absolute atomic E-state index is 0.0140. The van der Waals surface area contributed by atoms with E-state index in [9.17, 15) is 14.7 Å². The second-order valence-corrected chi connectivity index (χ2v) is 8.72. The van der Waals surface area contributed by atoms with Crippen molar-refractivity contribution < 1.29 is 28.9 Å². The van der Waals surface area contributed by atoms with Crippen LogP contribution < -0.4 is 19.1 Å². The Balaban J connectivity index is 1.62. The number of carbonyl (C=O) groups is 2. The van der Waals surface area contributed by atoms with E-state index in [-0.39, 0.29) is 18.1 Å². The average Bonchev–Trinajstić information content (AvgIpc) is 3.45. The molecule has 0 radical (unpaired) electrons. The lowest BCUT2D eigenvalue weighted by molar-refractivity contribution is -0.132. The molecule has 0 saturated carbocycles. The van der Waals surface area contributed by atoms with Crippen LogP contribution in [0.1, 0.15) is 31.0 Å². The number of ketones is 1. The molecule has 1 atom stereocenters. The first-order chi connectivity index (χ1) is 16.9. The Hall–Kier alpha value is -4.33. The van der Waals surface area contributed by atoms with Crippen LogP contribution in [-0.2, 0) is 9.59 Å². The third-order valence-electron chi connectivity index (χ3n) is 5.79. The minimum Gasteiger partial charge on any atom is -0.507 e. The van der Waals surface area contributed by atoms with E-state index >= 15 is 0 Å². The van der Waals surface area contributed by atoms with Gasteiger partial charge in [-0.15, -0.1) is 0 Å². The van der Waals surface area contributed by atoms with Gasteiger partial charge in [0.1, 0.15) is 11.5 Å². The number of nitrogens with zero attached hydrogens (tertiary/aromatic N) is 2. The van der Waals surface area contributed by atoms with Crippen LogP contribution in [0.15, 0.2) is 72.6 Å². The van der Waals surface area contributed by atoms with Gasteiger partial charge in [-0.1, -0.05) is 26.0 Å². The SMILES string of the molecule is CC(C)COc1cccc(/C(O)=C2\C(=O)C(=O)N(c3ccc4c(c3)OCO4)C2c2ccncc2)c1. The summed E-state index contributed by atoms with van der Waals surface area (Å²) < 4.78 is 16.6. The van der Waals surface area contributed by atoms with E-state index in [2.05, 4.69) is 4.98 Å². The molecule has 5 rings (SSSR count). The van der Waals surface area contributed by atoms with Crippen LogP contribution in [0.2, 0.25) is 0 Å². The summed E-state index contributed by atoms with van der Waals surface area (Å²) in [5.41, 5.74) is 1.45. The molecule has 1 N–H and O–H groups in total. The third-order valence-corrected chi connectivity index (χ3v) is 5.79. The fraction of sp³-hybridized carbons (Fsp3) is 0.222. The number of pyridine rings is 1. The Kier molecular flexibility index (Phi) is 5.86. The van der Waals surface area contributed by atoms with E-state index in [1.165, 1.54) is 4.90 Å². The number of hydrogen-bond donors (Lipinski definition) is 1. The lowest BCUT2D eigenvalue weighted by atomic mass is 9.95. The van der Waals surface area contributed by atoms with Gasteiger partial charge in [-0.25, -0.2) is 0 Å². The van der Waals surface area contributed by atoms with E-state index in [1.54, 1.807) is 67.0 Å². The molecule has 8 heteroatoms. The zero-order valence-electron chi connectivity index (χ0n) is 19.3. The largest absolute Gasteiger partial charge is 0.507 e. The van der Waals surface area contributed by atoms with Crippen LogP contribution in [0.5, 0.6) is 17.2 Å². The molecule has 1 saturated heterocycles. The van der Waals surface area contributed by atoms with Crippen molar-refractivity contribution in [2.24, 2.45) is 5.92 Å². The number of rotatable bonds is 6. The normalized spacial score (nSPS) is 18.4. The van der Waals surface area contributed by atoms with Gasteiger partial charge >= 0.3 is 0 Å². The molecule has 0 bridgehead atoms. The number of aliphatic hydroxyl groups excluding tert-OH is 1. The summed E-state index contributed by atoms with van der Waals surface area (Å²) in [6, 6.07) is 14.5. The molecule has 1 amide bonds. The number of aliphatic hydroxyl groups is 1. The molecule has 1 unspecified atom stereocenters. The van der Waals surface area contributed by atoms with E-state index in [0.29, 0.717) is 46.6 Å². The zero-order valence-corrected chi connectivity index (χ0v) is 19.3. The van der Waals surface area contributed by atoms with E-state index in [4.69, 9.17) is 14.2 Å². The molecule has 0 aliphatic carbocycles. The van der Waals surface area contributed by atoms with Gasteiger partial charge < -0.3 is 19.3 Å². The molecule has 3 aromatic rings. The number of hydrogen-bond acceptors (Lipinski definition) is 7. The summed E-state index contributed by atoms with van der Waals surface area (Å²) in [5.74, 6) is 0.120. The van der Waals surface area contributed by atoms with Gasteiger partial charge in [0.2, 0.25) is 6.79 Å². The van der Waals surface area contributed by atoms with Crippen molar-refractivity contribution in [2.75, 3.05) is 18.3 Å². The highest BCUT2D eigenvalue weighted by molar-refractivity contribution is 6.51. The molecule has 1 fully saturated rings. The summed E-state index contributed by atoms with van der Waals surface area (Å²) in [7, 11) is 0. The number of amides is 1. The highest BCUT2D eigenvalue weighted by Crippen LogP contribution is 2.44. The molecule has 3 heterocycles. The number of benzene rings is 2. The molecule has 0 spiro atoms. The lowest BCUT2D eigenvalue weighted by Gasteiger charge is -2.25. The maximum atomic E-state index is 13.3. The number of ether oxygens (including phenoxy) is 3. The predicted octanol–water partition coefficient (Wildman–Crippen LogP) is 4.47. The Morgan fingerprint density at radius 2 is 1.86 bits per heavy atom. The van der Waals surface area contributed by atoms with Gasteiger partial charge in [0, 0.05) is 29.7 Å². The molecule has 8 nitrogen and oxygen atoms in total. The second kappa shape index (κ2) is 9.13. The Labute approximate surface area is 202 Å². The van der Waals surface area contributed by atoms with Crippen molar-refractivity contribution in [2.45, 2.75) is 19.9 Å². The van der Waals surface area contributed by atoms with Gasteiger partial charge in [0.05, 0.1) is 18.2 Å². The average molecular weight is 472 g/mol. The number of fused-ring (bicyclic) bond motifs is 1. The van der Waals surface area contributed by atoms with Crippen molar-refractivity contribution in [1.82, 2.24) is 4.98 Å². The zero-order chi connectivity index (χ0) is 24.5. The fourth-order valence-corrected chi connectivity index (χ4v) is 4.15. The molecule has 2 aliphatic rings. The molecular weight excluding hydrogens is 448 g/mol. The number of aromatic nitrogens is 1. The highest BCUT2D eigenvalue weighted by Gasteiger charge is 2.47. The minimum atomic E-state index is -0.862. The maximum Gasteiger partial charge on any atom is 0.300 e.